The van der Waals surface area contributed by atoms with Crippen molar-refractivity contribution in [2.45, 2.75) is 27.2 Å². The van der Waals surface area contributed by atoms with Crippen LogP contribution in [0, 0.1) is 12.8 Å². The zero-order chi connectivity index (χ0) is 11.6. The number of rotatable bonds is 3. The lowest BCUT2D eigenvalue weighted by Gasteiger charge is -2.09. The normalized spacial score (nSPS) is 10.7. The molecule has 1 aromatic rings. The maximum absolute atomic E-state index is 11.0. The zero-order valence-electron chi connectivity index (χ0n) is 8.91. The van der Waals surface area contributed by atoms with Crippen LogP contribution in [-0.2, 0) is 6.42 Å². The largest absolute Gasteiger partial charge is 0.476 e. The van der Waals surface area contributed by atoms with E-state index >= 15 is 0 Å². The summed E-state index contributed by atoms with van der Waals surface area (Å²) in [6, 6.07) is 0. The standard InChI is InChI=1S/C10H13ClN2O2/c1-5(2)4-7-8(10(14)15)12-6(3)13-9(7)11/h5H,4H2,1-3H3,(H,14,15). The van der Waals surface area contributed by atoms with Crippen molar-refractivity contribution in [3.8, 4) is 0 Å². The molecule has 1 aromatic heterocycles. The van der Waals surface area contributed by atoms with Crippen LogP contribution in [0.3, 0.4) is 0 Å². The van der Waals surface area contributed by atoms with Gasteiger partial charge in [-0.3, -0.25) is 0 Å². The lowest BCUT2D eigenvalue weighted by Crippen LogP contribution is -2.11. The summed E-state index contributed by atoms with van der Waals surface area (Å²) >= 11 is 5.91. The average molecular weight is 229 g/mol. The van der Waals surface area contributed by atoms with E-state index in [1.807, 2.05) is 13.8 Å². The van der Waals surface area contributed by atoms with Crippen molar-refractivity contribution in [2.24, 2.45) is 5.92 Å². The van der Waals surface area contributed by atoms with Crippen LogP contribution in [0.15, 0.2) is 0 Å². The van der Waals surface area contributed by atoms with Gasteiger partial charge >= 0.3 is 5.97 Å². The van der Waals surface area contributed by atoms with E-state index < -0.39 is 5.97 Å². The van der Waals surface area contributed by atoms with Crippen LogP contribution >= 0.6 is 11.6 Å². The number of aryl methyl sites for hydroxylation is 1. The van der Waals surface area contributed by atoms with E-state index in [1.165, 1.54) is 0 Å². The summed E-state index contributed by atoms with van der Waals surface area (Å²) in [5.74, 6) is -0.366. The SMILES string of the molecule is Cc1nc(Cl)c(CC(C)C)c(C(=O)O)n1. The maximum atomic E-state index is 11.0. The van der Waals surface area contributed by atoms with Gasteiger partial charge in [0, 0.05) is 5.56 Å². The van der Waals surface area contributed by atoms with Crippen molar-refractivity contribution < 1.29 is 9.90 Å². The molecule has 0 fully saturated rings. The Morgan fingerprint density at radius 1 is 1.47 bits per heavy atom. The highest BCUT2D eigenvalue weighted by Gasteiger charge is 2.18. The van der Waals surface area contributed by atoms with E-state index in [0.29, 0.717) is 23.7 Å². The zero-order valence-corrected chi connectivity index (χ0v) is 9.67. The highest BCUT2D eigenvalue weighted by Crippen LogP contribution is 2.20. The topological polar surface area (TPSA) is 63.1 Å². The lowest BCUT2D eigenvalue weighted by molar-refractivity contribution is 0.0688. The number of carboxylic acid groups (broad SMARTS) is 1. The molecular weight excluding hydrogens is 216 g/mol. The number of hydrogen-bond donors (Lipinski definition) is 1. The van der Waals surface area contributed by atoms with Gasteiger partial charge in [0.25, 0.3) is 0 Å². The minimum absolute atomic E-state index is 0.0150. The highest BCUT2D eigenvalue weighted by molar-refractivity contribution is 6.30. The third kappa shape index (κ3) is 2.89. The van der Waals surface area contributed by atoms with Crippen molar-refractivity contribution in [2.75, 3.05) is 0 Å². The molecule has 5 heteroatoms. The highest BCUT2D eigenvalue weighted by atomic mass is 35.5. The number of halogens is 1. The summed E-state index contributed by atoms with van der Waals surface area (Å²) in [4.78, 5) is 18.8. The molecule has 1 heterocycles. The van der Waals surface area contributed by atoms with Gasteiger partial charge in [-0.25, -0.2) is 14.8 Å². The third-order valence-corrected chi connectivity index (χ3v) is 2.20. The van der Waals surface area contributed by atoms with E-state index in [1.54, 1.807) is 6.92 Å². The lowest BCUT2D eigenvalue weighted by atomic mass is 10.0. The first-order valence-corrected chi connectivity index (χ1v) is 5.06. The molecule has 0 aliphatic rings. The van der Waals surface area contributed by atoms with Crippen molar-refractivity contribution in [1.29, 1.82) is 0 Å². The monoisotopic (exact) mass is 228 g/mol. The molecule has 0 bridgehead atoms. The fraction of sp³-hybridized carbons (Fsp3) is 0.500. The Kier molecular flexibility index (Phi) is 3.63. The molecule has 0 saturated heterocycles. The van der Waals surface area contributed by atoms with Gasteiger partial charge in [0.05, 0.1) is 0 Å². The first kappa shape index (κ1) is 11.9. The molecule has 0 unspecified atom stereocenters. The predicted molar refractivity (Wildman–Crippen MR) is 57.3 cm³/mol. The number of hydrogen-bond acceptors (Lipinski definition) is 3. The van der Waals surface area contributed by atoms with Gasteiger partial charge < -0.3 is 5.11 Å². The predicted octanol–water partition coefficient (Wildman–Crippen LogP) is 2.34. The number of carboxylic acids is 1. The quantitative estimate of drug-likeness (QED) is 0.807. The molecule has 0 radical (unpaired) electrons. The minimum atomic E-state index is -1.06. The Morgan fingerprint density at radius 3 is 2.53 bits per heavy atom. The molecule has 0 amide bonds. The van der Waals surface area contributed by atoms with Crippen LogP contribution in [0.25, 0.3) is 0 Å². The number of nitrogens with zero attached hydrogens (tertiary/aromatic N) is 2. The molecule has 1 N–H and O–H groups in total. The van der Waals surface area contributed by atoms with Gasteiger partial charge in [0.15, 0.2) is 5.69 Å². The molecular formula is C10H13ClN2O2. The van der Waals surface area contributed by atoms with Gasteiger partial charge in [-0.05, 0) is 19.3 Å². The third-order valence-electron chi connectivity index (χ3n) is 1.88. The minimum Gasteiger partial charge on any atom is -0.476 e. The molecule has 82 valence electrons. The van der Waals surface area contributed by atoms with E-state index in [4.69, 9.17) is 16.7 Å². The molecule has 1 rings (SSSR count). The van der Waals surface area contributed by atoms with Crippen LogP contribution in [-0.4, -0.2) is 21.0 Å². The van der Waals surface area contributed by atoms with Crippen LogP contribution in [0.2, 0.25) is 5.15 Å². The summed E-state index contributed by atoms with van der Waals surface area (Å²) in [6.45, 7) is 5.60. The van der Waals surface area contributed by atoms with Crippen molar-refractivity contribution in [3.05, 3.63) is 22.2 Å². The van der Waals surface area contributed by atoms with Crippen molar-refractivity contribution in [1.82, 2.24) is 9.97 Å². The summed E-state index contributed by atoms with van der Waals surface area (Å²) in [5.41, 5.74) is 0.533. The Hall–Kier alpha value is -1.16. The fourth-order valence-corrected chi connectivity index (χ4v) is 1.62. The summed E-state index contributed by atoms with van der Waals surface area (Å²) in [7, 11) is 0. The van der Waals surface area contributed by atoms with Crippen molar-refractivity contribution >= 4 is 17.6 Å². The molecule has 0 atom stereocenters. The Bertz CT molecular complexity index is 391. The maximum Gasteiger partial charge on any atom is 0.354 e. The number of carbonyl (C=O) groups is 1. The smallest absolute Gasteiger partial charge is 0.354 e. The molecule has 0 aliphatic carbocycles. The summed E-state index contributed by atoms with van der Waals surface area (Å²) < 4.78 is 0. The Morgan fingerprint density at radius 2 is 2.07 bits per heavy atom. The van der Waals surface area contributed by atoms with Crippen LogP contribution in [0.1, 0.15) is 35.7 Å². The fourth-order valence-electron chi connectivity index (χ4n) is 1.33. The van der Waals surface area contributed by atoms with E-state index in [2.05, 4.69) is 9.97 Å². The van der Waals surface area contributed by atoms with Crippen LogP contribution in [0.4, 0.5) is 0 Å². The molecule has 4 nitrogen and oxygen atoms in total. The van der Waals surface area contributed by atoms with Gasteiger partial charge in [0.1, 0.15) is 11.0 Å². The Balaban J connectivity index is 3.27. The number of aromatic nitrogens is 2. The molecule has 0 aliphatic heterocycles. The molecule has 0 aromatic carbocycles. The molecule has 15 heavy (non-hydrogen) atoms. The second-order valence-electron chi connectivity index (χ2n) is 3.79. The Labute approximate surface area is 93.3 Å². The second kappa shape index (κ2) is 4.57. The van der Waals surface area contributed by atoms with Gasteiger partial charge in [-0.2, -0.15) is 0 Å². The second-order valence-corrected chi connectivity index (χ2v) is 4.15. The van der Waals surface area contributed by atoms with Gasteiger partial charge in [-0.1, -0.05) is 25.4 Å². The van der Waals surface area contributed by atoms with Gasteiger partial charge in [-0.15, -0.1) is 0 Å². The summed E-state index contributed by atoms with van der Waals surface area (Å²) in [5, 5.41) is 9.22. The summed E-state index contributed by atoms with van der Waals surface area (Å²) in [6.07, 6.45) is 0.570. The number of aromatic carboxylic acids is 1. The average Bonchev–Trinajstić information content (AvgIpc) is 2.08. The van der Waals surface area contributed by atoms with Crippen molar-refractivity contribution in [3.63, 3.8) is 0 Å². The first-order chi connectivity index (χ1) is 6.91. The van der Waals surface area contributed by atoms with Gasteiger partial charge in [0.2, 0.25) is 0 Å². The molecule has 0 spiro atoms. The molecule has 0 saturated carbocycles. The van der Waals surface area contributed by atoms with E-state index in [0.717, 1.165) is 0 Å². The van der Waals surface area contributed by atoms with E-state index in [-0.39, 0.29) is 10.8 Å². The van der Waals surface area contributed by atoms with Crippen LogP contribution < -0.4 is 0 Å². The van der Waals surface area contributed by atoms with E-state index in [9.17, 15) is 4.79 Å². The van der Waals surface area contributed by atoms with Crippen LogP contribution in [0.5, 0.6) is 0 Å². The first-order valence-electron chi connectivity index (χ1n) is 4.68.